The van der Waals surface area contributed by atoms with Gasteiger partial charge in [-0.25, -0.2) is 0 Å². The number of nitrogens with zero attached hydrogens (tertiary/aromatic N) is 1. The first kappa shape index (κ1) is 13.3. The number of likely N-dealkylation sites (N-methyl/N-ethyl adjacent to an activating group) is 1. The Balaban J connectivity index is 1.85. The predicted molar refractivity (Wildman–Crippen MR) is 71.0 cm³/mol. The molecule has 1 aliphatic carbocycles. The average Bonchev–Trinajstić information content (AvgIpc) is 2.29. The zero-order valence-corrected chi connectivity index (χ0v) is 11.5. The number of rotatable bonds is 3. The summed E-state index contributed by atoms with van der Waals surface area (Å²) in [7, 11) is 2.24. The summed E-state index contributed by atoms with van der Waals surface area (Å²) < 4.78 is 5.42. The van der Waals surface area contributed by atoms with E-state index < -0.39 is 0 Å². The van der Waals surface area contributed by atoms with Crippen molar-refractivity contribution >= 4 is 0 Å². The van der Waals surface area contributed by atoms with Crippen LogP contribution in [0.15, 0.2) is 0 Å². The van der Waals surface area contributed by atoms with Gasteiger partial charge in [-0.3, -0.25) is 0 Å². The predicted octanol–water partition coefficient (Wildman–Crippen LogP) is 2.00. The largest absolute Gasteiger partial charge is 0.381 e. The lowest BCUT2D eigenvalue weighted by atomic mass is 9.76. The summed E-state index contributed by atoms with van der Waals surface area (Å²) in [5.74, 6) is 0.803. The molecule has 0 radical (unpaired) electrons. The summed E-state index contributed by atoms with van der Waals surface area (Å²) >= 11 is 0. The van der Waals surface area contributed by atoms with Gasteiger partial charge in [0.1, 0.15) is 0 Å². The SMILES string of the molecule is CC1CCCC(N)(CN(C)C2CCOCC2)C1. The van der Waals surface area contributed by atoms with E-state index in [1.54, 1.807) is 0 Å². The Morgan fingerprint density at radius 3 is 2.65 bits per heavy atom. The van der Waals surface area contributed by atoms with Crippen LogP contribution in [0.2, 0.25) is 0 Å². The van der Waals surface area contributed by atoms with Crippen LogP contribution in [0.1, 0.15) is 45.4 Å². The Hall–Kier alpha value is -0.120. The highest BCUT2D eigenvalue weighted by Crippen LogP contribution is 2.31. The second kappa shape index (κ2) is 5.68. The average molecular weight is 240 g/mol. The van der Waals surface area contributed by atoms with E-state index in [1.165, 1.54) is 38.5 Å². The maximum Gasteiger partial charge on any atom is 0.0480 e. The van der Waals surface area contributed by atoms with Gasteiger partial charge in [0, 0.05) is 31.3 Å². The van der Waals surface area contributed by atoms with Crippen LogP contribution in [0, 0.1) is 5.92 Å². The second-order valence-electron chi connectivity index (χ2n) is 6.32. The maximum absolute atomic E-state index is 6.58. The molecule has 1 saturated carbocycles. The van der Waals surface area contributed by atoms with E-state index in [9.17, 15) is 0 Å². The molecule has 1 saturated heterocycles. The van der Waals surface area contributed by atoms with E-state index in [1.807, 2.05) is 0 Å². The summed E-state index contributed by atoms with van der Waals surface area (Å²) in [6, 6.07) is 0.682. The molecule has 17 heavy (non-hydrogen) atoms. The van der Waals surface area contributed by atoms with Crippen LogP contribution in [0.3, 0.4) is 0 Å². The molecule has 2 fully saturated rings. The van der Waals surface area contributed by atoms with Gasteiger partial charge in [0.15, 0.2) is 0 Å². The fraction of sp³-hybridized carbons (Fsp3) is 1.00. The fourth-order valence-electron chi connectivity index (χ4n) is 3.60. The van der Waals surface area contributed by atoms with Gasteiger partial charge >= 0.3 is 0 Å². The molecule has 0 aromatic carbocycles. The third-order valence-electron chi connectivity index (χ3n) is 4.51. The number of nitrogens with two attached hydrogens (primary N) is 1. The van der Waals surface area contributed by atoms with Crippen molar-refractivity contribution < 1.29 is 4.74 Å². The molecule has 3 heteroatoms. The molecule has 1 aliphatic heterocycles. The van der Waals surface area contributed by atoms with Crippen molar-refractivity contribution in [3.05, 3.63) is 0 Å². The first-order valence-corrected chi connectivity index (χ1v) is 7.16. The van der Waals surface area contributed by atoms with Crippen LogP contribution in [-0.2, 0) is 4.74 Å². The highest BCUT2D eigenvalue weighted by molar-refractivity contribution is 4.93. The number of hydrogen-bond acceptors (Lipinski definition) is 3. The van der Waals surface area contributed by atoms with Crippen molar-refractivity contribution in [2.75, 3.05) is 26.8 Å². The van der Waals surface area contributed by atoms with Crippen molar-refractivity contribution in [2.45, 2.75) is 57.0 Å². The van der Waals surface area contributed by atoms with Crippen LogP contribution in [0.4, 0.5) is 0 Å². The molecule has 2 N–H and O–H groups in total. The fourth-order valence-corrected chi connectivity index (χ4v) is 3.60. The standard InChI is InChI=1S/C14H28N2O/c1-12-4-3-7-14(15,10-12)11-16(2)13-5-8-17-9-6-13/h12-13H,3-11,15H2,1-2H3. The Labute approximate surface area is 106 Å². The summed E-state index contributed by atoms with van der Waals surface area (Å²) in [5.41, 5.74) is 6.64. The van der Waals surface area contributed by atoms with Gasteiger partial charge in [0.05, 0.1) is 0 Å². The van der Waals surface area contributed by atoms with E-state index in [2.05, 4.69) is 18.9 Å². The Morgan fingerprint density at radius 2 is 2.00 bits per heavy atom. The smallest absolute Gasteiger partial charge is 0.0480 e. The van der Waals surface area contributed by atoms with Crippen molar-refractivity contribution in [3.8, 4) is 0 Å². The van der Waals surface area contributed by atoms with Crippen LogP contribution in [-0.4, -0.2) is 43.3 Å². The molecule has 0 aromatic heterocycles. The van der Waals surface area contributed by atoms with Crippen molar-refractivity contribution in [3.63, 3.8) is 0 Å². The zero-order valence-electron chi connectivity index (χ0n) is 11.5. The minimum absolute atomic E-state index is 0.0602. The van der Waals surface area contributed by atoms with Crippen LogP contribution >= 0.6 is 0 Å². The van der Waals surface area contributed by atoms with Gasteiger partial charge < -0.3 is 15.4 Å². The number of ether oxygens (including phenoxy) is 1. The molecule has 2 rings (SSSR count). The molecular weight excluding hydrogens is 212 g/mol. The first-order chi connectivity index (χ1) is 8.09. The minimum atomic E-state index is 0.0602. The summed E-state index contributed by atoms with van der Waals surface area (Å²) in [4.78, 5) is 2.49. The Bertz CT molecular complexity index is 240. The molecule has 2 atom stereocenters. The molecule has 1 heterocycles. The third kappa shape index (κ3) is 3.67. The zero-order chi connectivity index (χ0) is 12.3. The van der Waals surface area contributed by atoms with Crippen molar-refractivity contribution in [1.29, 1.82) is 0 Å². The van der Waals surface area contributed by atoms with Gasteiger partial charge in [0.25, 0.3) is 0 Å². The van der Waals surface area contributed by atoms with E-state index >= 15 is 0 Å². The van der Waals surface area contributed by atoms with Crippen LogP contribution in [0.5, 0.6) is 0 Å². The second-order valence-corrected chi connectivity index (χ2v) is 6.32. The van der Waals surface area contributed by atoms with E-state index in [0.717, 1.165) is 25.7 Å². The van der Waals surface area contributed by atoms with Crippen molar-refractivity contribution in [1.82, 2.24) is 4.90 Å². The molecule has 0 spiro atoms. The normalized spacial score (nSPS) is 36.4. The van der Waals surface area contributed by atoms with Crippen molar-refractivity contribution in [2.24, 2.45) is 11.7 Å². The molecule has 0 amide bonds. The summed E-state index contributed by atoms with van der Waals surface area (Å²) in [6.45, 7) is 5.24. The topological polar surface area (TPSA) is 38.5 Å². The lowest BCUT2D eigenvalue weighted by Crippen LogP contribution is -2.54. The van der Waals surface area contributed by atoms with Gasteiger partial charge in [0.2, 0.25) is 0 Å². The van der Waals surface area contributed by atoms with Crippen LogP contribution < -0.4 is 5.73 Å². The molecule has 100 valence electrons. The van der Waals surface area contributed by atoms with Gasteiger partial charge in [-0.1, -0.05) is 19.8 Å². The van der Waals surface area contributed by atoms with E-state index in [-0.39, 0.29) is 5.54 Å². The lowest BCUT2D eigenvalue weighted by molar-refractivity contribution is 0.0311. The van der Waals surface area contributed by atoms with Gasteiger partial charge in [-0.2, -0.15) is 0 Å². The van der Waals surface area contributed by atoms with Gasteiger partial charge in [-0.15, -0.1) is 0 Å². The molecule has 2 unspecified atom stereocenters. The first-order valence-electron chi connectivity index (χ1n) is 7.16. The minimum Gasteiger partial charge on any atom is -0.381 e. The highest BCUT2D eigenvalue weighted by Gasteiger charge is 2.33. The van der Waals surface area contributed by atoms with E-state index in [0.29, 0.717) is 6.04 Å². The third-order valence-corrected chi connectivity index (χ3v) is 4.51. The molecular formula is C14H28N2O. The molecule has 0 aromatic rings. The van der Waals surface area contributed by atoms with Gasteiger partial charge in [-0.05, 0) is 38.6 Å². The summed E-state index contributed by atoms with van der Waals surface area (Å²) in [6.07, 6.45) is 7.40. The Kier molecular flexibility index (Phi) is 4.45. The van der Waals surface area contributed by atoms with Crippen LogP contribution in [0.25, 0.3) is 0 Å². The number of hydrogen-bond donors (Lipinski definition) is 1. The highest BCUT2D eigenvalue weighted by atomic mass is 16.5. The molecule has 3 nitrogen and oxygen atoms in total. The summed E-state index contributed by atoms with van der Waals surface area (Å²) in [5, 5.41) is 0. The Morgan fingerprint density at radius 1 is 1.29 bits per heavy atom. The monoisotopic (exact) mass is 240 g/mol. The molecule has 2 aliphatic rings. The quantitative estimate of drug-likeness (QED) is 0.820. The van der Waals surface area contributed by atoms with E-state index in [4.69, 9.17) is 10.5 Å². The molecule has 0 bridgehead atoms. The maximum atomic E-state index is 6.58. The lowest BCUT2D eigenvalue weighted by Gasteiger charge is -2.42.